The van der Waals surface area contributed by atoms with Gasteiger partial charge in [-0.1, -0.05) is 24.3 Å². The number of rotatable bonds is 2. The third-order valence-electron chi connectivity index (χ3n) is 2.77. The van der Waals surface area contributed by atoms with Crippen molar-refractivity contribution in [2.45, 2.75) is 20.0 Å². The fourth-order valence-corrected chi connectivity index (χ4v) is 1.70. The third-order valence-corrected chi connectivity index (χ3v) is 2.77. The molecule has 17 heavy (non-hydrogen) atoms. The lowest BCUT2D eigenvalue weighted by molar-refractivity contribution is 0.214. The number of pyridine rings is 1. The van der Waals surface area contributed by atoms with Crippen molar-refractivity contribution >= 4 is 0 Å². The van der Waals surface area contributed by atoms with Crippen LogP contribution < -0.4 is 0 Å². The molecule has 0 amide bonds. The lowest BCUT2D eigenvalue weighted by Crippen LogP contribution is -2.04. The summed E-state index contributed by atoms with van der Waals surface area (Å²) in [7, 11) is 0. The number of aliphatic hydroxyl groups is 1. The lowest BCUT2D eigenvalue weighted by Gasteiger charge is -2.13. The fourth-order valence-electron chi connectivity index (χ4n) is 1.70. The molecular weight excluding hydrogens is 217 g/mol. The molecule has 0 radical (unpaired) electrons. The predicted molar refractivity (Wildman–Crippen MR) is 64.2 cm³/mol. The van der Waals surface area contributed by atoms with Crippen LogP contribution in [0, 0.1) is 19.7 Å². The van der Waals surface area contributed by atoms with E-state index in [0.717, 1.165) is 5.69 Å². The standard InChI is InChI=1S/C14H14FNO/c1-9-4-3-5-12(13(9)15)14(17)11-7-6-10(2)16-8-11/h3-8,14,17H,1-2H3. The van der Waals surface area contributed by atoms with Crippen LogP contribution in [0.3, 0.4) is 0 Å². The number of aliphatic hydroxyl groups excluding tert-OH is 1. The first kappa shape index (κ1) is 11.7. The molecule has 2 nitrogen and oxygen atoms in total. The summed E-state index contributed by atoms with van der Waals surface area (Å²) in [6.07, 6.45) is 0.602. The molecule has 1 aromatic heterocycles. The van der Waals surface area contributed by atoms with Crippen LogP contribution in [0.4, 0.5) is 4.39 Å². The topological polar surface area (TPSA) is 33.1 Å². The average molecular weight is 231 g/mol. The van der Waals surface area contributed by atoms with Crippen molar-refractivity contribution < 1.29 is 9.50 Å². The van der Waals surface area contributed by atoms with Gasteiger partial charge in [0.15, 0.2) is 0 Å². The van der Waals surface area contributed by atoms with Gasteiger partial charge in [0.05, 0.1) is 0 Å². The average Bonchev–Trinajstić information content (AvgIpc) is 2.33. The van der Waals surface area contributed by atoms with Gasteiger partial charge in [0, 0.05) is 23.0 Å². The van der Waals surface area contributed by atoms with Gasteiger partial charge < -0.3 is 5.11 Å². The molecule has 1 N–H and O–H groups in total. The van der Waals surface area contributed by atoms with E-state index in [9.17, 15) is 9.50 Å². The molecule has 1 heterocycles. The van der Waals surface area contributed by atoms with E-state index in [1.54, 1.807) is 43.5 Å². The summed E-state index contributed by atoms with van der Waals surface area (Å²) in [5.41, 5.74) is 2.28. The SMILES string of the molecule is Cc1ccc(C(O)c2cccc(C)c2F)cn1. The molecule has 1 aromatic carbocycles. The number of benzene rings is 1. The van der Waals surface area contributed by atoms with Crippen molar-refractivity contribution in [1.82, 2.24) is 4.98 Å². The Morgan fingerprint density at radius 2 is 1.94 bits per heavy atom. The number of nitrogens with zero attached hydrogens (tertiary/aromatic N) is 1. The van der Waals surface area contributed by atoms with Gasteiger partial charge in [0.25, 0.3) is 0 Å². The highest BCUT2D eigenvalue weighted by Crippen LogP contribution is 2.25. The van der Waals surface area contributed by atoms with E-state index >= 15 is 0 Å². The highest BCUT2D eigenvalue weighted by atomic mass is 19.1. The van der Waals surface area contributed by atoms with Gasteiger partial charge in [-0.25, -0.2) is 4.39 Å². The molecule has 0 aliphatic carbocycles. The van der Waals surface area contributed by atoms with Crippen molar-refractivity contribution in [3.63, 3.8) is 0 Å². The number of aromatic nitrogens is 1. The summed E-state index contributed by atoms with van der Waals surface area (Å²) in [5, 5.41) is 10.1. The van der Waals surface area contributed by atoms with Crippen molar-refractivity contribution in [2.24, 2.45) is 0 Å². The van der Waals surface area contributed by atoms with Gasteiger partial charge in [0.2, 0.25) is 0 Å². The van der Waals surface area contributed by atoms with Crippen LogP contribution in [0.5, 0.6) is 0 Å². The Kier molecular flexibility index (Phi) is 3.20. The van der Waals surface area contributed by atoms with Crippen molar-refractivity contribution in [1.29, 1.82) is 0 Å². The minimum atomic E-state index is -0.969. The van der Waals surface area contributed by atoms with Gasteiger partial charge in [-0.3, -0.25) is 4.98 Å². The second-order valence-electron chi connectivity index (χ2n) is 4.11. The van der Waals surface area contributed by atoms with Crippen LogP contribution in [0.25, 0.3) is 0 Å². The molecule has 88 valence electrons. The Morgan fingerprint density at radius 3 is 2.59 bits per heavy atom. The van der Waals surface area contributed by atoms with E-state index in [1.807, 2.05) is 6.92 Å². The molecule has 0 saturated heterocycles. The molecule has 0 saturated carbocycles. The quantitative estimate of drug-likeness (QED) is 0.862. The third kappa shape index (κ3) is 2.34. The number of halogens is 1. The van der Waals surface area contributed by atoms with Gasteiger partial charge in [-0.2, -0.15) is 0 Å². The van der Waals surface area contributed by atoms with Crippen molar-refractivity contribution in [3.05, 3.63) is 64.7 Å². The maximum Gasteiger partial charge on any atom is 0.132 e. The molecule has 0 aliphatic rings. The van der Waals surface area contributed by atoms with Crippen molar-refractivity contribution in [3.8, 4) is 0 Å². The molecule has 2 rings (SSSR count). The van der Waals surface area contributed by atoms with Gasteiger partial charge in [-0.05, 0) is 25.5 Å². The van der Waals surface area contributed by atoms with Crippen LogP contribution in [0.15, 0.2) is 36.5 Å². The van der Waals surface area contributed by atoms with E-state index < -0.39 is 6.10 Å². The summed E-state index contributed by atoms with van der Waals surface area (Å²) < 4.78 is 13.8. The fraction of sp³-hybridized carbons (Fsp3) is 0.214. The predicted octanol–water partition coefficient (Wildman–Crippen LogP) is 2.92. The van der Waals surface area contributed by atoms with Crippen LogP contribution in [-0.4, -0.2) is 10.1 Å². The summed E-state index contributed by atoms with van der Waals surface area (Å²) in [5.74, 6) is -0.361. The normalized spacial score (nSPS) is 12.5. The second kappa shape index (κ2) is 4.63. The molecule has 0 aliphatic heterocycles. The van der Waals surface area contributed by atoms with Gasteiger partial charge in [0.1, 0.15) is 11.9 Å². The maximum atomic E-state index is 13.8. The Hall–Kier alpha value is -1.74. The summed E-state index contributed by atoms with van der Waals surface area (Å²) in [6.45, 7) is 3.54. The van der Waals surface area contributed by atoms with Crippen LogP contribution >= 0.6 is 0 Å². The van der Waals surface area contributed by atoms with E-state index in [-0.39, 0.29) is 11.4 Å². The zero-order valence-electron chi connectivity index (χ0n) is 9.81. The number of hydrogen-bond acceptors (Lipinski definition) is 2. The highest BCUT2D eigenvalue weighted by Gasteiger charge is 2.16. The first-order valence-electron chi connectivity index (χ1n) is 5.45. The Morgan fingerprint density at radius 1 is 1.18 bits per heavy atom. The summed E-state index contributed by atoms with van der Waals surface area (Å²) >= 11 is 0. The highest BCUT2D eigenvalue weighted by molar-refractivity contribution is 5.33. The Labute approximate surface area is 99.8 Å². The first-order valence-corrected chi connectivity index (χ1v) is 5.45. The number of aryl methyl sites for hydroxylation is 2. The summed E-state index contributed by atoms with van der Waals surface area (Å²) in [4.78, 5) is 4.10. The molecule has 0 fully saturated rings. The zero-order valence-corrected chi connectivity index (χ0v) is 9.81. The molecule has 3 heteroatoms. The van der Waals surface area contributed by atoms with E-state index in [4.69, 9.17) is 0 Å². The smallest absolute Gasteiger partial charge is 0.132 e. The van der Waals surface area contributed by atoms with Crippen molar-refractivity contribution in [2.75, 3.05) is 0 Å². The maximum absolute atomic E-state index is 13.8. The monoisotopic (exact) mass is 231 g/mol. The Balaban J connectivity index is 2.40. The second-order valence-corrected chi connectivity index (χ2v) is 4.11. The molecule has 0 spiro atoms. The Bertz CT molecular complexity index is 522. The van der Waals surface area contributed by atoms with Gasteiger partial charge in [-0.15, -0.1) is 0 Å². The summed E-state index contributed by atoms with van der Waals surface area (Å²) in [6, 6.07) is 8.56. The van der Waals surface area contributed by atoms with Crippen LogP contribution in [-0.2, 0) is 0 Å². The molecule has 1 atom stereocenters. The minimum Gasteiger partial charge on any atom is -0.383 e. The van der Waals surface area contributed by atoms with Crippen LogP contribution in [0.2, 0.25) is 0 Å². The van der Waals surface area contributed by atoms with Gasteiger partial charge >= 0.3 is 0 Å². The molecular formula is C14H14FNO. The lowest BCUT2D eigenvalue weighted by atomic mass is 10.0. The minimum absolute atomic E-state index is 0.288. The number of hydrogen-bond donors (Lipinski definition) is 1. The van der Waals surface area contributed by atoms with E-state index in [2.05, 4.69) is 4.98 Å². The van der Waals surface area contributed by atoms with E-state index in [1.165, 1.54) is 0 Å². The molecule has 1 unspecified atom stereocenters. The molecule has 0 bridgehead atoms. The zero-order chi connectivity index (χ0) is 12.4. The van der Waals surface area contributed by atoms with Crippen LogP contribution in [0.1, 0.15) is 28.5 Å². The molecule has 2 aromatic rings. The van der Waals surface area contributed by atoms with E-state index in [0.29, 0.717) is 11.1 Å². The largest absolute Gasteiger partial charge is 0.383 e. The first-order chi connectivity index (χ1) is 8.09.